The molecule has 3 unspecified atom stereocenters. The molecular formula is C32H42O. The summed E-state index contributed by atoms with van der Waals surface area (Å²) < 4.78 is 5.99. The summed E-state index contributed by atoms with van der Waals surface area (Å²) in [6.45, 7) is 11.5. The number of fused-ring (bicyclic) bond motifs is 1. The zero-order chi connectivity index (χ0) is 23.6. The Hall–Kier alpha value is -2.28. The summed E-state index contributed by atoms with van der Waals surface area (Å²) in [5.41, 5.74) is 4.46. The Morgan fingerprint density at radius 3 is 2.39 bits per heavy atom. The molecule has 1 saturated carbocycles. The number of methoxy groups -OCH3 is 1. The molecule has 0 heterocycles. The van der Waals surface area contributed by atoms with E-state index in [-0.39, 0.29) is 5.41 Å². The minimum Gasteiger partial charge on any atom is -0.497 e. The predicted octanol–water partition coefficient (Wildman–Crippen LogP) is 9.32. The lowest BCUT2D eigenvalue weighted by atomic mass is 9.59. The Kier molecular flexibility index (Phi) is 7.17. The second-order valence-corrected chi connectivity index (χ2v) is 11.1. The molecule has 2 aliphatic carbocycles. The Morgan fingerprint density at radius 2 is 1.73 bits per heavy atom. The van der Waals surface area contributed by atoms with E-state index in [1.54, 1.807) is 0 Å². The Bertz CT molecular complexity index is 1060. The first-order valence-corrected chi connectivity index (χ1v) is 13.0. The van der Waals surface area contributed by atoms with E-state index < -0.39 is 0 Å². The molecule has 0 spiro atoms. The molecule has 1 nitrogen and oxygen atoms in total. The minimum atomic E-state index is 0.174. The largest absolute Gasteiger partial charge is 0.497 e. The summed E-state index contributed by atoms with van der Waals surface area (Å²) in [5.74, 6) is 3.56. The van der Waals surface area contributed by atoms with Crippen molar-refractivity contribution in [2.75, 3.05) is 7.11 Å². The van der Waals surface area contributed by atoms with Gasteiger partial charge in [0.25, 0.3) is 0 Å². The first-order valence-electron chi connectivity index (χ1n) is 13.0. The Labute approximate surface area is 201 Å². The fourth-order valence-corrected chi connectivity index (χ4v) is 6.54. The minimum absolute atomic E-state index is 0.174. The molecule has 0 N–H and O–H groups in total. The van der Waals surface area contributed by atoms with Gasteiger partial charge in [-0.05, 0) is 90.3 Å². The smallest absolute Gasteiger partial charge is 0.118 e. The fourth-order valence-electron chi connectivity index (χ4n) is 6.54. The van der Waals surface area contributed by atoms with E-state index in [1.165, 1.54) is 46.7 Å². The van der Waals surface area contributed by atoms with Crippen LogP contribution in [0.1, 0.15) is 89.7 Å². The molecule has 3 atom stereocenters. The van der Waals surface area contributed by atoms with Gasteiger partial charge in [-0.2, -0.15) is 0 Å². The van der Waals surface area contributed by atoms with Crippen LogP contribution >= 0.6 is 0 Å². The molecule has 4 rings (SSSR count). The lowest BCUT2D eigenvalue weighted by molar-refractivity contribution is 0.131. The van der Waals surface area contributed by atoms with Gasteiger partial charge in [-0.1, -0.05) is 82.3 Å². The van der Waals surface area contributed by atoms with Crippen LogP contribution in [0.4, 0.5) is 0 Å². The van der Waals surface area contributed by atoms with Gasteiger partial charge in [-0.25, -0.2) is 0 Å². The van der Waals surface area contributed by atoms with Crippen LogP contribution in [0.15, 0.2) is 72.0 Å². The summed E-state index contributed by atoms with van der Waals surface area (Å²) in [6, 6.07) is 14.0. The molecule has 0 bridgehead atoms. The highest BCUT2D eigenvalue weighted by molar-refractivity contribution is 5.84. The van der Waals surface area contributed by atoms with E-state index in [1.807, 2.05) is 7.11 Å². The van der Waals surface area contributed by atoms with Crippen molar-refractivity contribution in [2.24, 2.45) is 17.3 Å². The third kappa shape index (κ3) is 4.98. The van der Waals surface area contributed by atoms with Gasteiger partial charge in [-0.15, -0.1) is 0 Å². The van der Waals surface area contributed by atoms with Crippen LogP contribution in [0.2, 0.25) is 0 Å². The van der Waals surface area contributed by atoms with Crippen LogP contribution in [0, 0.1) is 17.3 Å². The second-order valence-electron chi connectivity index (χ2n) is 11.1. The van der Waals surface area contributed by atoms with Gasteiger partial charge in [0.1, 0.15) is 5.76 Å². The molecule has 0 amide bonds. The molecule has 1 heteroatoms. The number of hydrogen-bond donors (Lipinski definition) is 0. The number of hydrogen-bond acceptors (Lipinski definition) is 1. The molecule has 2 aliphatic rings. The summed E-state index contributed by atoms with van der Waals surface area (Å²) in [5, 5.41) is 2.69. The highest BCUT2D eigenvalue weighted by Gasteiger charge is 2.42. The summed E-state index contributed by atoms with van der Waals surface area (Å²) in [7, 11) is 1.85. The highest BCUT2D eigenvalue weighted by atomic mass is 16.5. The Morgan fingerprint density at radius 1 is 1.03 bits per heavy atom. The molecule has 176 valence electrons. The lowest BCUT2D eigenvalue weighted by Crippen LogP contribution is -2.35. The summed E-state index contributed by atoms with van der Waals surface area (Å²) >= 11 is 0. The standard InChI is InChI=1S/C32H42O/c1-7-8-15-32(20-23(4)16-24(5)21-32)30-19-29(13-14-31(30)33-6)28-12-11-26-17-25(22(2)3)9-10-27(26)18-28/h7-12,14,17-19,22-24,29H,13,15-16,20-21H2,1-6H3/b8-7-. The molecule has 0 aromatic heterocycles. The number of benzene rings is 2. The molecule has 0 saturated heterocycles. The number of allylic oxidation sites excluding steroid dienone is 5. The van der Waals surface area contributed by atoms with Crippen LogP contribution in [0.5, 0.6) is 0 Å². The van der Waals surface area contributed by atoms with Crippen molar-refractivity contribution in [2.45, 2.75) is 78.6 Å². The van der Waals surface area contributed by atoms with Crippen molar-refractivity contribution < 1.29 is 4.74 Å². The van der Waals surface area contributed by atoms with E-state index in [9.17, 15) is 0 Å². The van der Waals surface area contributed by atoms with Gasteiger partial charge >= 0.3 is 0 Å². The highest BCUT2D eigenvalue weighted by Crippen LogP contribution is 2.53. The SMILES string of the molecule is C/C=C\CC1(C2=CC(c3ccc4cc(C(C)C)ccc4c3)CC=C2OC)CC(C)CC(C)C1. The van der Waals surface area contributed by atoms with Gasteiger partial charge in [0.15, 0.2) is 0 Å². The third-order valence-electron chi connectivity index (χ3n) is 7.99. The van der Waals surface area contributed by atoms with Crippen LogP contribution in [-0.2, 0) is 4.74 Å². The van der Waals surface area contributed by atoms with Crippen molar-refractivity contribution in [3.63, 3.8) is 0 Å². The van der Waals surface area contributed by atoms with Gasteiger partial charge in [0.05, 0.1) is 7.11 Å². The normalized spacial score (nSPS) is 28.3. The predicted molar refractivity (Wildman–Crippen MR) is 143 cm³/mol. The van der Waals surface area contributed by atoms with Crippen LogP contribution in [-0.4, -0.2) is 7.11 Å². The van der Waals surface area contributed by atoms with Crippen molar-refractivity contribution in [1.29, 1.82) is 0 Å². The van der Waals surface area contributed by atoms with Gasteiger partial charge in [-0.3, -0.25) is 0 Å². The molecule has 2 aromatic carbocycles. The average molecular weight is 443 g/mol. The molecule has 2 aromatic rings. The molecular weight excluding hydrogens is 400 g/mol. The molecule has 0 radical (unpaired) electrons. The number of ether oxygens (including phenoxy) is 1. The van der Waals surface area contributed by atoms with E-state index in [2.05, 4.69) is 95.3 Å². The van der Waals surface area contributed by atoms with Crippen molar-refractivity contribution in [1.82, 2.24) is 0 Å². The van der Waals surface area contributed by atoms with Crippen LogP contribution in [0.3, 0.4) is 0 Å². The van der Waals surface area contributed by atoms with Gasteiger partial charge in [0.2, 0.25) is 0 Å². The topological polar surface area (TPSA) is 9.23 Å². The molecule has 1 fully saturated rings. The van der Waals surface area contributed by atoms with E-state index in [0.29, 0.717) is 11.8 Å². The van der Waals surface area contributed by atoms with E-state index in [0.717, 1.165) is 30.4 Å². The summed E-state index contributed by atoms with van der Waals surface area (Å²) in [6.07, 6.45) is 15.5. The second kappa shape index (κ2) is 9.92. The maximum Gasteiger partial charge on any atom is 0.118 e. The lowest BCUT2D eigenvalue weighted by Gasteiger charge is -2.46. The first kappa shape index (κ1) is 23.9. The fraction of sp³-hybridized carbons (Fsp3) is 0.500. The zero-order valence-corrected chi connectivity index (χ0v) is 21.5. The van der Waals surface area contributed by atoms with E-state index in [4.69, 9.17) is 4.74 Å². The van der Waals surface area contributed by atoms with Gasteiger partial charge < -0.3 is 4.74 Å². The monoisotopic (exact) mass is 442 g/mol. The first-order chi connectivity index (χ1) is 15.8. The van der Waals surface area contributed by atoms with Crippen molar-refractivity contribution >= 4 is 10.8 Å². The van der Waals surface area contributed by atoms with Crippen molar-refractivity contribution in [3.05, 3.63) is 83.2 Å². The maximum absolute atomic E-state index is 5.99. The van der Waals surface area contributed by atoms with Crippen LogP contribution in [0.25, 0.3) is 10.8 Å². The molecule has 0 aliphatic heterocycles. The maximum atomic E-state index is 5.99. The van der Waals surface area contributed by atoms with Crippen molar-refractivity contribution in [3.8, 4) is 0 Å². The Balaban J connectivity index is 1.74. The summed E-state index contributed by atoms with van der Waals surface area (Å²) in [4.78, 5) is 0. The van der Waals surface area contributed by atoms with Crippen LogP contribution < -0.4 is 0 Å². The average Bonchev–Trinajstić information content (AvgIpc) is 2.81. The van der Waals surface area contributed by atoms with E-state index >= 15 is 0 Å². The zero-order valence-electron chi connectivity index (χ0n) is 21.5. The number of rotatable bonds is 6. The van der Waals surface area contributed by atoms with Gasteiger partial charge in [0, 0.05) is 11.3 Å². The third-order valence-corrected chi connectivity index (χ3v) is 7.99. The quantitative estimate of drug-likeness (QED) is 0.405. The molecule has 33 heavy (non-hydrogen) atoms.